The van der Waals surface area contributed by atoms with Crippen LogP contribution in [0.4, 0.5) is 0 Å². The molecule has 2 N–H and O–H groups in total. The van der Waals surface area contributed by atoms with E-state index in [9.17, 15) is 0 Å². The Morgan fingerprint density at radius 1 is 0.870 bits per heavy atom. The molecule has 0 amide bonds. The Bertz CT molecular complexity index is 740. The lowest BCUT2D eigenvalue weighted by atomic mass is 9.59. The minimum absolute atomic E-state index is 0.229. The van der Waals surface area contributed by atoms with E-state index >= 15 is 0 Å². The second kappa shape index (κ2) is 4.35. The second-order valence-electron chi connectivity index (χ2n) is 8.54. The molecule has 3 heteroatoms. The Balaban J connectivity index is 1.64. The van der Waals surface area contributed by atoms with Crippen LogP contribution in [0.25, 0.3) is 10.8 Å². The van der Waals surface area contributed by atoms with Crippen molar-refractivity contribution in [3.8, 4) is 0 Å². The number of nitrogens with zero attached hydrogens (tertiary/aromatic N) is 2. The fourth-order valence-electron chi connectivity index (χ4n) is 5.75. The Hall–Kier alpha value is -1.42. The molecule has 0 saturated carbocycles. The molecule has 0 radical (unpaired) electrons. The SMILES string of the molecule is CC12CN3CC(C)(CN(C1)C3c1cccc3ccccc13)C2N. The summed E-state index contributed by atoms with van der Waals surface area (Å²) in [5.74, 6) is 0. The van der Waals surface area contributed by atoms with Crippen LogP contribution >= 0.6 is 0 Å². The van der Waals surface area contributed by atoms with E-state index in [1.165, 1.54) is 16.3 Å². The number of piperidine rings is 2. The number of hydrogen-bond donors (Lipinski definition) is 1. The highest BCUT2D eigenvalue weighted by atomic mass is 15.4. The number of rotatable bonds is 1. The van der Waals surface area contributed by atoms with Gasteiger partial charge in [0.05, 0.1) is 6.17 Å². The molecule has 4 saturated heterocycles. The zero-order valence-corrected chi connectivity index (χ0v) is 14.0. The molecule has 0 aliphatic carbocycles. The molecule has 4 aliphatic heterocycles. The van der Waals surface area contributed by atoms with Crippen molar-refractivity contribution in [2.75, 3.05) is 26.2 Å². The number of nitrogens with two attached hydrogens (primary N) is 1. The summed E-state index contributed by atoms with van der Waals surface area (Å²) < 4.78 is 0. The van der Waals surface area contributed by atoms with Crippen molar-refractivity contribution in [3.63, 3.8) is 0 Å². The molecule has 0 unspecified atom stereocenters. The number of benzene rings is 2. The molecule has 4 bridgehead atoms. The van der Waals surface area contributed by atoms with Gasteiger partial charge in [0.2, 0.25) is 0 Å². The molecule has 2 aromatic carbocycles. The molecule has 4 fully saturated rings. The quantitative estimate of drug-likeness (QED) is 0.879. The largest absolute Gasteiger partial charge is 0.327 e. The van der Waals surface area contributed by atoms with E-state index in [0.29, 0.717) is 12.2 Å². The maximum atomic E-state index is 6.66. The van der Waals surface area contributed by atoms with E-state index in [1.54, 1.807) is 0 Å². The van der Waals surface area contributed by atoms with Gasteiger partial charge in [0.25, 0.3) is 0 Å². The van der Waals surface area contributed by atoms with Crippen molar-refractivity contribution in [1.82, 2.24) is 9.80 Å². The lowest BCUT2D eigenvalue weighted by molar-refractivity contribution is -0.205. The van der Waals surface area contributed by atoms with E-state index in [2.05, 4.69) is 66.1 Å². The van der Waals surface area contributed by atoms with E-state index in [1.807, 2.05) is 0 Å². The van der Waals surface area contributed by atoms with Gasteiger partial charge in [-0.2, -0.15) is 0 Å². The molecular weight excluding hydrogens is 282 g/mol. The first-order valence-corrected chi connectivity index (χ1v) is 8.72. The maximum Gasteiger partial charge on any atom is 0.0893 e. The Morgan fingerprint density at radius 3 is 2.09 bits per heavy atom. The highest BCUT2D eigenvalue weighted by Crippen LogP contribution is 2.54. The van der Waals surface area contributed by atoms with Crippen molar-refractivity contribution in [2.24, 2.45) is 16.6 Å². The lowest BCUT2D eigenvalue weighted by Gasteiger charge is -2.69. The highest BCUT2D eigenvalue weighted by molar-refractivity contribution is 5.86. The van der Waals surface area contributed by atoms with Crippen LogP contribution in [0.3, 0.4) is 0 Å². The maximum absolute atomic E-state index is 6.66. The number of fused-ring (bicyclic) bond motifs is 1. The number of hydrogen-bond acceptors (Lipinski definition) is 3. The highest BCUT2D eigenvalue weighted by Gasteiger charge is 2.61. The van der Waals surface area contributed by atoms with Crippen molar-refractivity contribution >= 4 is 10.8 Å². The monoisotopic (exact) mass is 307 g/mol. The fourth-order valence-corrected chi connectivity index (χ4v) is 5.75. The van der Waals surface area contributed by atoms with Gasteiger partial charge in [0.1, 0.15) is 0 Å². The van der Waals surface area contributed by atoms with E-state index in [0.717, 1.165) is 26.2 Å². The first-order valence-electron chi connectivity index (χ1n) is 8.72. The van der Waals surface area contributed by atoms with Gasteiger partial charge in [0.15, 0.2) is 0 Å². The van der Waals surface area contributed by atoms with Crippen molar-refractivity contribution < 1.29 is 0 Å². The molecule has 0 atom stereocenters. The molecule has 4 heterocycles. The van der Waals surface area contributed by atoms with Crippen LogP contribution in [-0.4, -0.2) is 42.0 Å². The minimum Gasteiger partial charge on any atom is -0.327 e. The van der Waals surface area contributed by atoms with Gasteiger partial charge in [-0.05, 0) is 16.3 Å². The van der Waals surface area contributed by atoms with Gasteiger partial charge in [-0.1, -0.05) is 56.3 Å². The van der Waals surface area contributed by atoms with Crippen LogP contribution in [0.2, 0.25) is 0 Å². The van der Waals surface area contributed by atoms with Gasteiger partial charge in [-0.15, -0.1) is 0 Å². The molecule has 120 valence electrons. The summed E-state index contributed by atoms with van der Waals surface area (Å²) in [6.45, 7) is 9.24. The predicted octanol–water partition coefficient (Wildman–Crippen LogP) is 2.82. The van der Waals surface area contributed by atoms with E-state index in [4.69, 9.17) is 5.73 Å². The molecule has 6 rings (SSSR count). The summed E-state index contributed by atoms with van der Waals surface area (Å²) in [4.78, 5) is 5.36. The standard InChI is InChI=1S/C20H25N3/c1-19-10-22-12-20(2,18(19)21)13-23(11-19)17(22)16-9-5-7-14-6-3-4-8-15(14)16/h3-9,17-18H,10-13,21H2,1-2H3. The van der Waals surface area contributed by atoms with Crippen LogP contribution in [0.5, 0.6) is 0 Å². The smallest absolute Gasteiger partial charge is 0.0893 e. The molecule has 23 heavy (non-hydrogen) atoms. The molecule has 0 spiro atoms. The van der Waals surface area contributed by atoms with Gasteiger partial charge in [-0.25, -0.2) is 0 Å². The fraction of sp³-hybridized carbons (Fsp3) is 0.500. The molecule has 3 nitrogen and oxygen atoms in total. The van der Waals surface area contributed by atoms with Crippen molar-refractivity contribution in [2.45, 2.75) is 26.1 Å². The first kappa shape index (κ1) is 14.0. The van der Waals surface area contributed by atoms with Crippen LogP contribution in [0.15, 0.2) is 42.5 Å². The Morgan fingerprint density at radius 2 is 1.43 bits per heavy atom. The summed E-state index contributed by atoms with van der Waals surface area (Å²) in [6, 6.07) is 15.8. The first-order chi connectivity index (χ1) is 11.0. The summed E-state index contributed by atoms with van der Waals surface area (Å²) >= 11 is 0. The van der Waals surface area contributed by atoms with Gasteiger partial charge in [-0.3, -0.25) is 9.80 Å². The van der Waals surface area contributed by atoms with Crippen LogP contribution < -0.4 is 5.73 Å². The molecule has 2 aromatic rings. The molecule has 4 aliphatic rings. The normalized spacial score (nSPS) is 44.8. The summed E-state index contributed by atoms with van der Waals surface area (Å²) in [7, 11) is 0. The van der Waals surface area contributed by atoms with Crippen LogP contribution in [0, 0.1) is 10.8 Å². The summed E-state index contributed by atoms with van der Waals surface area (Å²) in [5.41, 5.74) is 8.57. The van der Waals surface area contributed by atoms with E-state index < -0.39 is 0 Å². The molecular formula is C20H25N3. The van der Waals surface area contributed by atoms with Gasteiger partial charge in [0, 0.05) is 43.1 Å². The lowest BCUT2D eigenvalue weighted by Crippen LogP contribution is -2.78. The average molecular weight is 307 g/mol. The van der Waals surface area contributed by atoms with Crippen molar-refractivity contribution in [1.29, 1.82) is 0 Å². The third-order valence-electron chi connectivity index (χ3n) is 6.55. The molecule has 0 aromatic heterocycles. The Kier molecular flexibility index (Phi) is 2.64. The third kappa shape index (κ3) is 1.76. The van der Waals surface area contributed by atoms with Gasteiger partial charge < -0.3 is 5.73 Å². The van der Waals surface area contributed by atoms with Crippen LogP contribution in [0.1, 0.15) is 25.6 Å². The third-order valence-corrected chi connectivity index (χ3v) is 6.55. The summed E-state index contributed by atoms with van der Waals surface area (Å²) in [6.07, 6.45) is 0.412. The van der Waals surface area contributed by atoms with Crippen molar-refractivity contribution in [3.05, 3.63) is 48.0 Å². The average Bonchev–Trinajstić information content (AvgIpc) is 2.51. The topological polar surface area (TPSA) is 32.5 Å². The van der Waals surface area contributed by atoms with Gasteiger partial charge >= 0.3 is 0 Å². The Labute approximate surface area is 138 Å². The zero-order valence-electron chi connectivity index (χ0n) is 14.0. The zero-order chi connectivity index (χ0) is 15.8. The predicted molar refractivity (Wildman–Crippen MR) is 94.0 cm³/mol. The summed E-state index contributed by atoms with van der Waals surface area (Å²) in [5, 5.41) is 2.74. The van der Waals surface area contributed by atoms with Crippen LogP contribution in [-0.2, 0) is 0 Å². The second-order valence-corrected chi connectivity index (χ2v) is 8.54. The van der Waals surface area contributed by atoms with E-state index in [-0.39, 0.29) is 10.8 Å². The minimum atomic E-state index is 0.229.